The van der Waals surface area contributed by atoms with Crippen molar-refractivity contribution in [2.45, 2.75) is 46.6 Å². The van der Waals surface area contributed by atoms with Crippen LogP contribution in [0.1, 0.15) is 40.0 Å². The predicted molar refractivity (Wildman–Crippen MR) is 132 cm³/mol. The fourth-order valence-electron chi connectivity index (χ4n) is 4.12. The van der Waals surface area contributed by atoms with Crippen molar-refractivity contribution in [3.8, 4) is 0 Å². The van der Waals surface area contributed by atoms with Crippen LogP contribution in [0.2, 0.25) is 0 Å². The van der Waals surface area contributed by atoms with E-state index in [1.54, 1.807) is 11.1 Å². The highest BCUT2D eigenvalue weighted by Gasteiger charge is 2.28. The number of aliphatic imine (C=N–C) groups is 1. The van der Waals surface area contributed by atoms with Gasteiger partial charge in [0.15, 0.2) is 0 Å². The Morgan fingerprint density at radius 2 is 2.06 bits per heavy atom. The number of aromatic nitrogens is 2. The van der Waals surface area contributed by atoms with E-state index in [1.165, 1.54) is 10.9 Å². The monoisotopic (exact) mass is 429 g/mol. The van der Waals surface area contributed by atoms with E-state index < -0.39 is 0 Å². The number of nitrogens with zero attached hydrogens (tertiary/aromatic N) is 4. The van der Waals surface area contributed by atoms with E-state index in [0.29, 0.717) is 12.4 Å². The minimum atomic E-state index is -0.00887. The molecule has 0 aliphatic carbocycles. The second-order valence-corrected chi connectivity index (χ2v) is 8.08. The number of rotatable bonds is 7. The van der Waals surface area contributed by atoms with Gasteiger partial charge in [0.25, 0.3) is 5.91 Å². The van der Waals surface area contributed by atoms with Crippen molar-refractivity contribution in [1.82, 2.24) is 9.55 Å². The van der Waals surface area contributed by atoms with Crippen LogP contribution >= 0.6 is 0 Å². The first-order valence-electron chi connectivity index (χ1n) is 11.5. The van der Waals surface area contributed by atoms with Gasteiger partial charge in [0, 0.05) is 59.8 Å². The van der Waals surface area contributed by atoms with E-state index in [-0.39, 0.29) is 5.91 Å². The van der Waals surface area contributed by atoms with Crippen LogP contribution in [0.3, 0.4) is 0 Å². The molecule has 0 fully saturated rings. The van der Waals surface area contributed by atoms with Crippen molar-refractivity contribution in [1.29, 1.82) is 0 Å². The van der Waals surface area contributed by atoms with Gasteiger partial charge in [-0.15, -0.1) is 0 Å². The molecule has 1 aromatic carbocycles. The topological polar surface area (TPSA) is 62.5 Å². The number of hydrogen-bond acceptors (Lipinski definition) is 3. The summed E-state index contributed by atoms with van der Waals surface area (Å²) in [6.45, 7) is 8.48. The highest BCUT2D eigenvalue weighted by molar-refractivity contribution is 6.17. The van der Waals surface area contributed by atoms with Crippen LogP contribution in [-0.2, 0) is 11.3 Å². The predicted octanol–water partition coefficient (Wildman–Crippen LogP) is 5.42. The smallest absolute Gasteiger partial charge is 0.255 e. The average Bonchev–Trinajstić information content (AvgIpc) is 3.23. The number of amidine groups is 1. The molecule has 4 rings (SSSR count). The number of hydrogen-bond donors (Lipinski definition) is 1. The van der Waals surface area contributed by atoms with Crippen molar-refractivity contribution in [3.05, 3.63) is 66.0 Å². The third-order valence-corrected chi connectivity index (χ3v) is 5.97. The van der Waals surface area contributed by atoms with Gasteiger partial charge in [-0.1, -0.05) is 19.4 Å². The summed E-state index contributed by atoms with van der Waals surface area (Å²) in [7, 11) is 0. The molecule has 2 aromatic heterocycles. The van der Waals surface area contributed by atoms with Gasteiger partial charge in [0.2, 0.25) is 0 Å². The van der Waals surface area contributed by atoms with Gasteiger partial charge in [-0.2, -0.15) is 0 Å². The lowest BCUT2D eigenvalue weighted by Gasteiger charge is -2.29. The van der Waals surface area contributed by atoms with E-state index in [2.05, 4.69) is 59.2 Å². The molecule has 0 radical (unpaired) electrons. The van der Waals surface area contributed by atoms with Gasteiger partial charge in [0.05, 0.1) is 0 Å². The molecule has 0 atom stereocenters. The molecule has 0 saturated heterocycles. The molecule has 3 heterocycles. The van der Waals surface area contributed by atoms with Crippen LogP contribution in [0.5, 0.6) is 0 Å². The van der Waals surface area contributed by atoms with Crippen molar-refractivity contribution in [2.75, 3.05) is 23.3 Å². The molecule has 0 saturated carbocycles. The molecule has 0 unspecified atom stereocenters. The summed E-state index contributed by atoms with van der Waals surface area (Å²) in [4.78, 5) is 24.2. The van der Waals surface area contributed by atoms with E-state index in [9.17, 15) is 4.79 Å². The number of fused-ring (bicyclic) bond motifs is 1. The summed E-state index contributed by atoms with van der Waals surface area (Å²) in [6.07, 6.45) is 6.67. The first-order chi connectivity index (χ1) is 15.6. The Hall–Kier alpha value is -3.41. The quantitative estimate of drug-likeness (QED) is 0.310. The molecule has 0 bridgehead atoms. The lowest BCUT2D eigenvalue weighted by atomic mass is 9.98. The third kappa shape index (κ3) is 4.44. The van der Waals surface area contributed by atoms with Gasteiger partial charge in [-0.25, -0.2) is 4.98 Å². The number of anilines is 2. The number of aryl methyl sites for hydroxylation is 1. The molecule has 1 aliphatic rings. The summed E-state index contributed by atoms with van der Waals surface area (Å²) >= 11 is 0. The highest BCUT2D eigenvalue weighted by atomic mass is 16.2. The number of unbranched alkanes of at least 4 members (excludes halogenated alkanes) is 1. The fraction of sp³-hybridized carbons (Fsp3) is 0.346. The summed E-state index contributed by atoms with van der Waals surface area (Å²) in [5, 5.41) is 4.72. The van der Waals surface area contributed by atoms with Gasteiger partial charge >= 0.3 is 0 Å². The van der Waals surface area contributed by atoms with Crippen LogP contribution in [0.25, 0.3) is 10.9 Å². The minimum Gasteiger partial charge on any atom is -0.348 e. The SMILES string of the molecule is CCCCN=C(Nc1ccc2c(ccn2CC)c1)C1=C(C)C(=O)N(c2ccccn2)CC1. The van der Waals surface area contributed by atoms with Crippen LogP contribution in [-0.4, -0.2) is 34.4 Å². The minimum absolute atomic E-state index is 0.00887. The van der Waals surface area contributed by atoms with Gasteiger partial charge in [-0.05, 0) is 63.1 Å². The lowest BCUT2D eigenvalue weighted by Crippen LogP contribution is -2.39. The second-order valence-electron chi connectivity index (χ2n) is 8.08. The summed E-state index contributed by atoms with van der Waals surface area (Å²) in [6, 6.07) is 14.2. The zero-order valence-corrected chi connectivity index (χ0v) is 19.1. The number of pyridine rings is 1. The maximum absolute atomic E-state index is 13.2. The summed E-state index contributed by atoms with van der Waals surface area (Å²) in [5.74, 6) is 1.49. The van der Waals surface area contributed by atoms with Gasteiger partial charge in [0.1, 0.15) is 11.7 Å². The second kappa shape index (κ2) is 9.81. The normalized spacial score (nSPS) is 15.0. The lowest BCUT2D eigenvalue weighted by molar-refractivity contribution is -0.115. The van der Waals surface area contributed by atoms with Crippen LogP contribution in [0.15, 0.2) is 71.0 Å². The van der Waals surface area contributed by atoms with Crippen molar-refractivity contribution < 1.29 is 4.79 Å². The molecule has 1 N–H and O–H groups in total. The number of carbonyl (C=O) groups excluding carboxylic acids is 1. The first kappa shape index (κ1) is 21.8. The third-order valence-electron chi connectivity index (χ3n) is 5.97. The molecule has 3 aromatic rings. The number of carbonyl (C=O) groups is 1. The molecule has 1 amide bonds. The zero-order valence-electron chi connectivity index (χ0n) is 19.1. The molecule has 32 heavy (non-hydrogen) atoms. The summed E-state index contributed by atoms with van der Waals surface area (Å²) < 4.78 is 2.23. The van der Waals surface area contributed by atoms with Crippen LogP contribution in [0.4, 0.5) is 11.5 Å². The Bertz CT molecular complexity index is 1160. The summed E-state index contributed by atoms with van der Waals surface area (Å²) in [5.41, 5.74) is 3.92. The van der Waals surface area contributed by atoms with Crippen molar-refractivity contribution in [3.63, 3.8) is 0 Å². The molecule has 6 heteroatoms. The van der Waals surface area contributed by atoms with Gasteiger partial charge < -0.3 is 9.88 Å². The van der Waals surface area contributed by atoms with Crippen LogP contribution in [0, 0.1) is 0 Å². The van der Waals surface area contributed by atoms with E-state index in [4.69, 9.17) is 4.99 Å². The molecular formula is C26H31N5O. The molecule has 6 nitrogen and oxygen atoms in total. The maximum atomic E-state index is 13.2. The number of nitrogens with one attached hydrogen (secondary N) is 1. The molecule has 0 spiro atoms. The van der Waals surface area contributed by atoms with Crippen molar-refractivity contribution >= 4 is 34.2 Å². The Balaban J connectivity index is 1.63. The molecule has 166 valence electrons. The zero-order chi connectivity index (χ0) is 22.5. The largest absolute Gasteiger partial charge is 0.348 e. The number of benzene rings is 1. The van der Waals surface area contributed by atoms with E-state index in [1.807, 2.05) is 25.1 Å². The molecular weight excluding hydrogens is 398 g/mol. The Labute approximate surface area is 189 Å². The Morgan fingerprint density at radius 1 is 1.19 bits per heavy atom. The Morgan fingerprint density at radius 3 is 2.81 bits per heavy atom. The van der Waals surface area contributed by atoms with Gasteiger partial charge in [-0.3, -0.25) is 14.7 Å². The van der Waals surface area contributed by atoms with E-state index in [0.717, 1.165) is 55.0 Å². The Kier molecular flexibility index (Phi) is 6.69. The highest BCUT2D eigenvalue weighted by Crippen LogP contribution is 2.26. The van der Waals surface area contributed by atoms with Crippen LogP contribution < -0.4 is 10.2 Å². The maximum Gasteiger partial charge on any atom is 0.255 e. The first-order valence-corrected chi connectivity index (χ1v) is 11.5. The average molecular weight is 430 g/mol. The molecule has 1 aliphatic heterocycles. The fourth-order valence-corrected chi connectivity index (χ4v) is 4.12. The number of amides is 1. The van der Waals surface area contributed by atoms with Crippen molar-refractivity contribution in [2.24, 2.45) is 4.99 Å². The van der Waals surface area contributed by atoms with E-state index >= 15 is 0 Å². The standard InChI is InChI=1S/C26H31N5O/c1-4-6-14-28-25(29-21-10-11-23-20(18-21)12-16-30(23)5-2)22-13-17-31(26(32)19(22)3)24-9-7-8-15-27-24/h7-12,15-16,18H,4-6,13-14,17H2,1-3H3,(H,28,29).